The van der Waals surface area contributed by atoms with Gasteiger partial charge in [-0.25, -0.2) is 0 Å². The molecule has 0 saturated carbocycles. The molecule has 1 aliphatic rings. The van der Waals surface area contributed by atoms with Gasteiger partial charge in [0.05, 0.1) is 11.6 Å². The van der Waals surface area contributed by atoms with Gasteiger partial charge in [-0.1, -0.05) is 35.9 Å². The first-order chi connectivity index (χ1) is 14.2. The van der Waals surface area contributed by atoms with Crippen LogP contribution in [0.3, 0.4) is 0 Å². The fourth-order valence-corrected chi connectivity index (χ4v) is 3.53. The van der Waals surface area contributed by atoms with Crippen LogP contribution in [-0.2, 0) is 4.74 Å². The first kappa shape index (κ1) is 22.5. The summed E-state index contributed by atoms with van der Waals surface area (Å²) in [5, 5.41) is 42.9. The third-order valence-electron chi connectivity index (χ3n) is 5.14. The van der Waals surface area contributed by atoms with E-state index in [1.54, 1.807) is 49.5 Å². The summed E-state index contributed by atoms with van der Waals surface area (Å²) in [5.41, 5.74) is -0.107. The topological polar surface area (TPSA) is 128 Å². The summed E-state index contributed by atoms with van der Waals surface area (Å²) in [4.78, 5) is 11.7. The Balaban J connectivity index is 1.89. The third-order valence-corrected chi connectivity index (χ3v) is 5.53. The minimum atomic E-state index is -1.96. The lowest BCUT2D eigenvalue weighted by Crippen LogP contribution is -2.66. The fraction of sp³-hybridized carbons (Fsp3) is 0.381. The van der Waals surface area contributed by atoms with Gasteiger partial charge in [0.2, 0.25) is 6.29 Å². The van der Waals surface area contributed by atoms with Crippen molar-refractivity contribution in [3.05, 3.63) is 53.1 Å². The molecule has 1 fully saturated rings. The number of hydrogen-bond acceptors (Lipinski definition) is 7. The quantitative estimate of drug-likeness (QED) is 0.470. The molecule has 1 aliphatic heterocycles. The molecule has 2 aromatic carbocycles. The number of amides is 1. The van der Waals surface area contributed by atoms with Gasteiger partial charge < -0.3 is 35.2 Å². The van der Waals surface area contributed by atoms with Crippen LogP contribution in [0.25, 0.3) is 11.1 Å². The van der Waals surface area contributed by atoms with Crippen molar-refractivity contribution >= 4 is 17.5 Å². The molecule has 0 spiro atoms. The SMILES string of the molecule is CNC(=O)c1ccc(-c2cccc(OC3OC(CO)C(O)C(O)C3(C)O)c2Cl)cc1. The zero-order chi connectivity index (χ0) is 22.1. The minimum Gasteiger partial charge on any atom is -0.460 e. The molecule has 8 nitrogen and oxygen atoms in total. The van der Waals surface area contributed by atoms with E-state index in [9.17, 15) is 25.2 Å². The van der Waals surface area contributed by atoms with Gasteiger partial charge in [0.25, 0.3) is 5.91 Å². The average molecular weight is 438 g/mol. The monoisotopic (exact) mass is 437 g/mol. The highest BCUT2D eigenvalue weighted by molar-refractivity contribution is 6.34. The van der Waals surface area contributed by atoms with Crippen LogP contribution in [0.4, 0.5) is 0 Å². The summed E-state index contributed by atoms with van der Waals surface area (Å²) >= 11 is 6.52. The summed E-state index contributed by atoms with van der Waals surface area (Å²) in [7, 11) is 1.55. The van der Waals surface area contributed by atoms with Crippen LogP contribution < -0.4 is 10.1 Å². The molecule has 3 rings (SSSR count). The summed E-state index contributed by atoms with van der Waals surface area (Å²) in [6.45, 7) is 0.689. The maximum atomic E-state index is 11.7. The molecule has 0 aromatic heterocycles. The van der Waals surface area contributed by atoms with E-state index in [1.165, 1.54) is 6.92 Å². The predicted octanol–water partition coefficient (Wildman–Crippen LogP) is 0.935. The molecule has 1 heterocycles. The second-order valence-corrected chi connectivity index (χ2v) is 7.62. The molecule has 30 heavy (non-hydrogen) atoms. The van der Waals surface area contributed by atoms with E-state index < -0.39 is 36.8 Å². The number of benzene rings is 2. The summed E-state index contributed by atoms with van der Waals surface area (Å²) in [6.07, 6.45) is -5.61. The van der Waals surface area contributed by atoms with Crippen LogP contribution in [0.15, 0.2) is 42.5 Å². The Morgan fingerprint density at radius 2 is 1.90 bits per heavy atom. The molecular formula is C21H24ClNO7. The number of rotatable bonds is 5. The number of carbonyl (C=O) groups is 1. The molecule has 0 bridgehead atoms. The molecular weight excluding hydrogens is 414 g/mol. The van der Waals surface area contributed by atoms with Gasteiger partial charge in [0.1, 0.15) is 24.1 Å². The number of hydrogen-bond donors (Lipinski definition) is 5. The van der Waals surface area contributed by atoms with Crippen molar-refractivity contribution < 1.29 is 34.7 Å². The van der Waals surface area contributed by atoms with Gasteiger partial charge >= 0.3 is 0 Å². The molecule has 162 valence electrons. The van der Waals surface area contributed by atoms with Crippen molar-refractivity contribution in [2.75, 3.05) is 13.7 Å². The van der Waals surface area contributed by atoms with E-state index in [1.807, 2.05) is 0 Å². The van der Waals surface area contributed by atoms with E-state index in [0.717, 1.165) is 5.56 Å². The van der Waals surface area contributed by atoms with Gasteiger partial charge in [-0.15, -0.1) is 0 Å². The second-order valence-electron chi connectivity index (χ2n) is 7.24. The lowest BCUT2D eigenvalue weighted by Gasteiger charge is -2.45. The van der Waals surface area contributed by atoms with E-state index in [-0.39, 0.29) is 16.7 Å². The Hall–Kier alpha value is -2.20. The van der Waals surface area contributed by atoms with Crippen LogP contribution in [0.5, 0.6) is 5.75 Å². The van der Waals surface area contributed by atoms with Gasteiger partial charge in [-0.2, -0.15) is 0 Å². The number of nitrogens with one attached hydrogen (secondary N) is 1. The van der Waals surface area contributed by atoms with Crippen molar-refractivity contribution in [3.8, 4) is 16.9 Å². The van der Waals surface area contributed by atoms with Crippen LogP contribution >= 0.6 is 11.6 Å². The fourth-order valence-electron chi connectivity index (χ4n) is 3.25. The molecule has 5 unspecified atom stereocenters. The Kier molecular flexibility index (Phi) is 6.66. The number of aliphatic hydroxyl groups is 4. The largest absolute Gasteiger partial charge is 0.460 e. The Morgan fingerprint density at radius 1 is 1.23 bits per heavy atom. The maximum Gasteiger partial charge on any atom is 0.251 e. The minimum absolute atomic E-state index is 0.176. The number of aliphatic hydroxyl groups excluding tert-OH is 3. The molecule has 1 saturated heterocycles. The molecule has 0 radical (unpaired) electrons. The molecule has 5 N–H and O–H groups in total. The van der Waals surface area contributed by atoms with E-state index >= 15 is 0 Å². The van der Waals surface area contributed by atoms with E-state index in [0.29, 0.717) is 11.1 Å². The third kappa shape index (κ3) is 4.15. The van der Waals surface area contributed by atoms with E-state index in [2.05, 4.69) is 5.32 Å². The van der Waals surface area contributed by atoms with Crippen LogP contribution in [-0.4, -0.2) is 70.2 Å². The normalized spacial score (nSPS) is 28.8. The van der Waals surface area contributed by atoms with Crippen LogP contribution in [0, 0.1) is 0 Å². The molecule has 5 atom stereocenters. The molecule has 2 aromatic rings. The van der Waals surface area contributed by atoms with Crippen molar-refractivity contribution in [2.45, 2.75) is 37.1 Å². The predicted molar refractivity (Wildman–Crippen MR) is 109 cm³/mol. The molecule has 0 aliphatic carbocycles. The first-order valence-corrected chi connectivity index (χ1v) is 9.71. The van der Waals surface area contributed by atoms with Crippen molar-refractivity contribution in [1.82, 2.24) is 5.32 Å². The van der Waals surface area contributed by atoms with Crippen LogP contribution in [0.1, 0.15) is 17.3 Å². The first-order valence-electron chi connectivity index (χ1n) is 9.33. The maximum absolute atomic E-state index is 11.7. The number of ether oxygens (including phenoxy) is 2. The highest BCUT2D eigenvalue weighted by atomic mass is 35.5. The van der Waals surface area contributed by atoms with Crippen molar-refractivity contribution in [2.24, 2.45) is 0 Å². The smallest absolute Gasteiger partial charge is 0.251 e. The summed E-state index contributed by atoms with van der Waals surface area (Å²) in [6, 6.07) is 11.8. The lowest BCUT2D eigenvalue weighted by molar-refractivity contribution is -0.314. The Bertz CT molecular complexity index is 903. The van der Waals surface area contributed by atoms with Crippen LogP contribution in [0.2, 0.25) is 5.02 Å². The second kappa shape index (κ2) is 8.89. The lowest BCUT2D eigenvalue weighted by atomic mass is 9.88. The summed E-state index contributed by atoms with van der Waals surface area (Å²) in [5.74, 6) is -0.0318. The zero-order valence-electron chi connectivity index (χ0n) is 16.4. The Labute approximate surface area is 178 Å². The van der Waals surface area contributed by atoms with Gasteiger partial charge in [0.15, 0.2) is 5.60 Å². The van der Waals surface area contributed by atoms with Crippen molar-refractivity contribution in [1.29, 1.82) is 0 Å². The highest BCUT2D eigenvalue weighted by Crippen LogP contribution is 2.38. The average Bonchev–Trinajstić information content (AvgIpc) is 2.75. The number of carbonyl (C=O) groups excluding carboxylic acids is 1. The van der Waals surface area contributed by atoms with Gasteiger partial charge in [-0.05, 0) is 30.7 Å². The molecule has 1 amide bonds. The summed E-state index contributed by atoms with van der Waals surface area (Å²) < 4.78 is 11.2. The number of halogens is 1. The standard InChI is InChI=1S/C21H24ClNO7/c1-21(28)18(26)17(25)15(10-24)30-20(21)29-14-5-3-4-13(16(14)22)11-6-8-12(9-7-11)19(27)23-2/h3-9,15,17-18,20,24-26,28H,10H2,1-2H3,(H,23,27). The highest BCUT2D eigenvalue weighted by Gasteiger charge is 2.53. The molecule has 9 heteroatoms. The van der Waals surface area contributed by atoms with E-state index in [4.69, 9.17) is 21.1 Å². The van der Waals surface area contributed by atoms with Gasteiger partial charge in [0, 0.05) is 18.2 Å². The Morgan fingerprint density at radius 3 is 2.50 bits per heavy atom. The zero-order valence-corrected chi connectivity index (χ0v) is 17.2. The van der Waals surface area contributed by atoms with Gasteiger partial charge in [-0.3, -0.25) is 4.79 Å². The van der Waals surface area contributed by atoms with Crippen molar-refractivity contribution in [3.63, 3.8) is 0 Å².